The van der Waals surface area contributed by atoms with Crippen LogP contribution in [-0.4, -0.2) is 0 Å². The highest BCUT2D eigenvalue weighted by Crippen LogP contribution is 2.44. The standard InChI is InChI=1S/C64H58/c1-5-25-49(7-3)62(55-32-19-12-20-33-55)61(46-47-26-13-9-14-27-47)54-35-24-39-59-60(45-44-54)64(56-36-23-34-53(42-43-56)52-30-17-11-18-31-52)58-38-22-21-37-57(58)63(59)50(8-4)41-40-48(6-2)51-28-15-10-16-29-51/h5-35,37-38,40-44,46,62H,36,39,45H2,1-4H3/b25-5-,35-24-,41-40-,48-6+,49-7+,50-8+,54-44?,61-46+. The van der Waals surface area contributed by atoms with Crippen molar-refractivity contribution in [1.82, 2.24) is 0 Å². The summed E-state index contributed by atoms with van der Waals surface area (Å²) in [4.78, 5) is 0. The predicted molar refractivity (Wildman–Crippen MR) is 280 cm³/mol. The zero-order valence-corrected chi connectivity index (χ0v) is 37.7. The smallest absolute Gasteiger partial charge is 0.0342 e. The van der Waals surface area contributed by atoms with Gasteiger partial charge in [0.25, 0.3) is 0 Å². The summed E-state index contributed by atoms with van der Waals surface area (Å²) in [6.45, 7) is 8.60. The third kappa shape index (κ3) is 9.68. The number of benzene rings is 6. The van der Waals surface area contributed by atoms with Crippen molar-refractivity contribution in [2.45, 2.75) is 52.9 Å². The molecule has 0 N–H and O–H groups in total. The Morgan fingerprint density at radius 1 is 0.531 bits per heavy atom. The van der Waals surface area contributed by atoms with Gasteiger partial charge in [0, 0.05) is 5.92 Å². The summed E-state index contributed by atoms with van der Waals surface area (Å²) < 4.78 is 0. The predicted octanol–water partition coefficient (Wildman–Crippen LogP) is 17.3. The van der Waals surface area contributed by atoms with E-state index >= 15 is 0 Å². The molecule has 314 valence electrons. The Bertz CT molecular complexity index is 2930. The van der Waals surface area contributed by atoms with Crippen molar-refractivity contribution in [1.29, 1.82) is 0 Å². The lowest BCUT2D eigenvalue weighted by Gasteiger charge is -2.27. The fraction of sp³-hybridized carbons (Fsp3) is 0.125. The van der Waals surface area contributed by atoms with Crippen molar-refractivity contribution in [3.05, 3.63) is 292 Å². The molecule has 0 spiro atoms. The van der Waals surface area contributed by atoms with E-state index < -0.39 is 0 Å². The average molecular weight is 827 g/mol. The van der Waals surface area contributed by atoms with E-state index in [-0.39, 0.29) is 5.92 Å². The number of hydrogen-bond acceptors (Lipinski definition) is 0. The summed E-state index contributed by atoms with van der Waals surface area (Å²) in [5.74, 6) is 0.0329. The normalized spacial score (nSPS) is 16.2. The maximum atomic E-state index is 2.51. The highest BCUT2D eigenvalue weighted by molar-refractivity contribution is 6.05. The SMILES string of the molecule is C/C=C\C(=C/C)C(/C(=C/c1ccccc1)C1=CCc2c(c(C(/C=C\C(=C/C)c3ccccc3)=C/C)c3ccccc3c2C2=CC=C(c3ccccc3)C=CC2)C/C=C\1)c1ccccc1. The van der Waals surface area contributed by atoms with E-state index in [1.165, 1.54) is 94.3 Å². The Labute approximate surface area is 382 Å². The minimum atomic E-state index is 0.0329. The molecule has 8 rings (SSSR count). The molecule has 0 bridgehead atoms. The molecule has 2 aliphatic carbocycles. The molecule has 0 saturated heterocycles. The Hall–Kier alpha value is -7.28. The molecule has 6 aromatic carbocycles. The first kappa shape index (κ1) is 43.4. The Balaban J connectivity index is 1.36. The minimum absolute atomic E-state index is 0.0329. The van der Waals surface area contributed by atoms with Crippen LogP contribution in [0.25, 0.3) is 39.1 Å². The third-order valence-corrected chi connectivity index (χ3v) is 12.5. The topological polar surface area (TPSA) is 0 Å². The maximum absolute atomic E-state index is 2.51. The van der Waals surface area contributed by atoms with Gasteiger partial charge in [0.05, 0.1) is 0 Å². The first-order chi connectivity index (χ1) is 31.6. The zero-order chi connectivity index (χ0) is 44.1. The third-order valence-electron chi connectivity index (χ3n) is 12.5. The van der Waals surface area contributed by atoms with Crippen molar-refractivity contribution < 1.29 is 0 Å². The fourth-order valence-electron chi connectivity index (χ4n) is 9.43. The Morgan fingerprint density at radius 3 is 1.84 bits per heavy atom. The molecule has 1 atom stereocenters. The lowest BCUT2D eigenvalue weighted by atomic mass is 9.77. The van der Waals surface area contributed by atoms with Gasteiger partial charge >= 0.3 is 0 Å². The molecule has 0 aliphatic heterocycles. The van der Waals surface area contributed by atoms with Gasteiger partial charge in [-0.25, -0.2) is 0 Å². The van der Waals surface area contributed by atoms with Gasteiger partial charge in [-0.05, 0) is 141 Å². The quantitative estimate of drug-likeness (QED) is 0.108. The van der Waals surface area contributed by atoms with Crippen molar-refractivity contribution >= 4 is 39.1 Å². The summed E-state index contributed by atoms with van der Waals surface area (Å²) in [5.41, 5.74) is 19.2. The van der Waals surface area contributed by atoms with Crippen LogP contribution in [0.3, 0.4) is 0 Å². The summed E-state index contributed by atoms with van der Waals surface area (Å²) in [5, 5.41) is 2.58. The molecule has 2 aliphatic rings. The van der Waals surface area contributed by atoms with Crippen LogP contribution >= 0.6 is 0 Å². The van der Waals surface area contributed by atoms with Crippen LogP contribution in [0, 0.1) is 0 Å². The van der Waals surface area contributed by atoms with E-state index in [1.807, 2.05) is 0 Å². The van der Waals surface area contributed by atoms with Gasteiger partial charge in [0.2, 0.25) is 0 Å². The van der Waals surface area contributed by atoms with Crippen LogP contribution in [0.2, 0.25) is 0 Å². The molecule has 64 heavy (non-hydrogen) atoms. The van der Waals surface area contributed by atoms with E-state index in [0.717, 1.165) is 19.3 Å². The number of rotatable bonds is 12. The van der Waals surface area contributed by atoms with Crippen molar-refractivity contribution in [3.8, 4) is 0 Å². The molecule has 0 nitrogen and oxygen atoms in total. The van der Waals surface area contributed by atoms with Gasteiger partial charge in [-0.1, -0.05) is 237 Å². The second-order valence-electron chi connectivity index (χ2n) is 16.3. The van der Waals surface area contributed by atoms with E-state index in [2.05, 4.69) is 264 Å². The summed E-state index contributed by atoms with van der Waals surface area (Å²) in [7, 11) is 0. The van der Waals surface area contributed by atoms with Gasteiger partial charge in [-0.3, -0.25) is 0 Å². The molecule has 0 fully saturated rings. The van der Waals surface area contributed by atoms with Gasteiger partial charge in [0.1, 0.15) is 0 Å². The number of allylic oxidation sites excluding steroid dienone is 21. The van der Waals surface area contributed by atoms with E-state index in [4.69, 9.17) is 0 Å². The van der Waals surface area contributed by atoms with E-state index in [1.54, 1.807) is 0 Å². The molecular formula is C64H58. The van der Waals surface area contributed by atoms with Crippen molar-refractivity contribution in [3.63, 3.8) is 0 Å². The Morgan fingerprint density at radius 2 is 1.16 bits per heavy atom. The van der Waals surface area contributed by atoms with Crippen LogP contribution < -0.4 is 0 Å². The van der Waals surface area contributed by atoms with Gasteiger partial charge in [-0.2, -0.15) is 0 Å². The van der Waals surface area contributed by atoms with Gasteiger partial charge < -0.3 is 0 Å². The van der Waals surface area contributed by atoms with Crippen LogP contribution in [0.1, 0.15) is 84.5 Å². The molecule has 6 aromatic rings. The molecule has 0 radical (unpaired) electrons. The molecule has 0 heteroatoms. The molecule has 0 heterocycles. The maximum Gasteiger partial charge on any atom is 0.0342 e. The van der Waals surface area contributed by atoms with Crippen LogP contribution in [-0.2, 0) is 12.8 Å². The van der Waals surface area contributed by atoms with Gasteiger partial charge in [0.15, 0.2) is 0 Å². The zero-order valence-electron chi connectivity index (χ0n) is 37.7. The number of fused-ring (bicyclic) bond motifs is 2. The number of hydrogen-bond donors (Lipinski definition) is 0. The second-order valence-corrected chi connectivity index (χ2v) is 16.3. The lowest BCUT2D eigenvalue weighted by Crippen LogP contribution is -2.10. The van der Waals surface area contributed by atoms with E-state index in [0.29, 0.717) is 0 Å². The highest BCUT2D eigenvalue weighted by atomic mass is 14.3. The van der Waals surface area contributed by atoms with Crippen LogP contribution in [0.15, 0.2) is 247 Å². The molecule has 0 aromatic heterocycles. The summed E-state index contributed by atoms with van der Waals surface area (Å²) in [6, 6.07) is 52.4. The van der Waals surface area contributed by atoms with Crippen LogP contribution in [0.4, 0.5) is 0 Å². The molecule has 1 unspecified atom stereocenters. The highest BCUT2D eigenvalue weighted by Gasteiger charge is 2.26. The van der Waals surface area contributed by atoms with E-state index in [9.17, 15) is 0 Å². The summed E-state index contributed by atoms with van der Waals surface area (Å²) >= 11 is 0. The first-order valence-corrected chi connectivity index (χ1v) is 22.9. The Kier molecular flexibility index (Phi) is 14.4. The monoisotopic (exact) mass is 826 g/mol. The van der Waals surface area contributed by atoms with Crippen LogP contribution in [0.5, 0.6) is 0 Å². The largest absolute Gasteiger partial charge is 0.0874 e. The minimum Gasteiger partial charge on any atom is -0.0874 e. The van der Waals surface area contributed by atoms with Gasteiger partial charge in [-0.15, -0.1) is 0 Å². The lowest BCUT2D eigenvalue weighted by molar-refractivity contribution is 0.960. The molecular weight excluding hydrogens is 769 g/mol. The summed E-state index contributed by atoms with van der Waals surface area (Å²) in [6.07, 6.45) is 37.4. The first-order valence-electron chi connectivity index (χ1n) is 22.9. The second kappa shape index (κ2) is 21.2. The van der Waals surface area contributed by atoms with Crippen molar-refractivity contribution in [2.24, 2.45) is 0 Å². The molecule has 0 amide bonds. The van der Waals surface area contributed by atoms with Crippen molar-refractivity contribution in [2.75, 3.05) is 0 Å². The molecule has 0 saturated carbocycles. The average Bonchev–Trinajstić information content (AvgIpc) is 3.60. The fourth-order valence-corrected chi connectivity index (χ4v) is 9.43.